The molecule has 23 heavy (non-hydrogen) atoms. The van der Waals surface area contributed by atoms with E-state index >= 15 is 0 Å². The molecule has 0 N–H and O–H groups in total. The van der Waals surface area contributed by atoms with Crippen LogP contribution in [0.2, 0.25) is 0 Å². The molecule has 1 nitrogen and oxygen atoms in total. The molecule has 0 unspecified atom stereocenters. The highest BCUT2D eigenvalue weighted by molar-refractivity contribution is 5.85. The van der Waals surface area contributed by atoms with Gasteiger partial charge in [0.2, 0.25) is 0 Å². The van der Waals surface area contributed by atoms with Gasteiger partial charge in [0.25, 0.3) is 0 Å². The van der Waals surface area contributed by atoms with Crippen LogP contribution in [-0.2, 0) is 0 Å². The van der Waals surface area contributed by atoms with E-state index in [0.717, 1.165) is 5.69 Å². The molecule has 1 heteroatoms. The van der Waals surface area contributed by atoms with Crippen molar-refractivity contribution in [3.05, 3.63) is 88.0 Å². The lowest BCUT2D eigenvalue weighted by Gasteiger charge is -2.18. The van der Waals surface area contributed by atoms with Crippen LogP contribution >= 0.6 is 0 Å². The lowest BCUT2D eigenvalue weighted by molar-refractivity contribution is 0.933. The Bertz CT molecular complexity index is 783. The second kappa shape index (κ2) is 6.37. The van der Waals surface area contributed by atoms with Crippen molar-refractivity contribution in [1.29, 1.82) is 0 Å². The Morgan fingerprint density at radius 3 is 1.96 bits per heavy atom. The fourth-order valence-electron chi connectivity index (χ4n) is 3.37. The van der Waals surface area contributed by atoms with Gasteiger partial charge in [0, 0.05) is 12.1 Å². The van der Waals surface area contributed by atoms with Crippen LogP contribution in [0.1, 0.15) is 44.7 Å². The third-order valence-electron chi connectivity index (χ3n) is 5.03. The number of rotatable bonds is 3. The Balaban J connectivity index is 2.01. The van der Waals surface area contributed by atoms with E-state index in [1.54, 1.807) is 0 Å². The van der Waals surface area contributed by atoms with Crippen LogP contribution < -0.4 is 0 Å². The van der Waals surface area contributed by atoms with Crippen molar-refractivity contribution in [2.45, 2.75) is 33.6 Å². The lowest BCUT2D eigenvalue weighted by Crippen LogP contribution is -2.03. The molecule has 0 atom stereocenters. The van der Waals surface area contributed by atoms with E-state index < -0.39 is 0 Å². The summed E-state index contributed by atoms with van der Waals surface area (Å²) < 4.78 is 0. The zero-order chi connectivity index (χ0) is 16.4. The van der Waals surface area contributed by atoms with E-state index in [1.165, 1.54) is 33.4 Å². The molecule has 3 rings (SSSR count). The van der Waals surface area contributed by atoms with Gasteiger partial charge in [-0.3, -0.25) is 4.99 Å². The van der Waals surface area contributed by atoms with E-state index in [0.29, 0.717) is 5.92 Å². The average molecular weight is 301 g/mol. The molecule has 0 amide bonds. The topological polar surface area (TPSA) is 12.4 Å². The Morgan fingerprint density at radius 2 is 1.30 bits per heavy atom. The summed E-state index contributed by atoms with van der Waals surface area (Å²) in [6.45, 7) is 8.97. The molecular weight excluding hydrogens is 278 g/mol. The van der Waals surface area contributed by atoms with Crippen LogP contribution in [0.25, 0.3) is 0 Å². The van der Waals surface area contributed by atoms with Gasteiger partial charge in [-0.2, -0.15) is 0 Å². The molecule has 0 saturated carbocycles. The Kier molecular flexibility index (Phi) is 4.29. The second-order valence-electron chi connectivity index (χ2n) is 6.27. The van der Waals surface area contributed by atoms with Crippen molar-refractivity contribution in [1.82, 2.24) is 0 Å². The molecule has 0 saturated heterocycles. The molecule has 0 spiro atoms. The highest BCUT2D eigenvalue weighted by Gasteiger charge is 2.26. The third-order valence-corrected chi connectivity index (χ3v) is 5.03. The van der Waals surface area contributed by atoms with Crippen molar-refractivity contribution in [3.8, 4) is 0 Å². The monoisotopic (exact) mass is 301 g/mol. The predicted molar refractivity (Wildman–Crippen MR) is 99.6 cm³/mol. The maximum absolute atomic E-state index is 4.64. The summed E-state index contributed by atoms with van der Waals surface area (Å²) in [4.78, 5) is 4.64. The Labute approximate surface area is 139 Å². The Hall–Kier alpha value is -2.41. The molecule has 0 aromatic heterocycles. The lowest BCUT2D eigenvalue weighted by atomic mass is 9.86. The van der Waals surface area contributed by atoms with Crippen molar-refractivity contribution in [2.75, 3.05) is 0 Å². The van der Waals surface area contributed by atoms with Gasteiger partial charge >= 0.3 is 0 Å². The van der Waals surface area contributed by atoms with Crippen LogP contribution in [-0.4, -0.2) is 6.21 Å². The molecule has 0 heterocycles. The van der Waals surface area contributed by atoms with Gasteiger partial charge in [0.1, 0.15) is 0 Å². The van der Waals surface area contributed by atoms with Gasteiger partial charge in [-0.05, 0) is 62.1 Å². The minimum absolute atomic E-state index is 0.383. The number of hydrogen-bond donors (Lipinski definition) is 0. The fourth-order valence-corrected chi connectivity index (χ4v) is 3.37. The van der Waals surface area contributed by atoms with Crippen molar-refractivity contribution in [3.63, 3.8) is 0 Å². The molecule has 2 aromatic rings. The van der Waals surface area contributed by atoms with Crippen LogP contribution in [0, 0.1) is 0 Å². The van der Waals surface area contributed by atoms with Crippen LogP contribution in [0.3, 0.4) is 0 Å². The fraction of sp³-hybridized carbons (Fsp3) is 0.227. The highest BCUT2D eigenvalue weighted by atomic mass is 14.7. The quantitative estimate of drug-likeness (QED) is 0.598. The minimum Gasteiger partial charge on any atom is -0.256 e. The van der Waals surface area contributed by atoms with E-state index in [4.69, 9.17) is 0 Å². The first kappa shape index (κ1) is 15.5. The number of hydrogen-bond acceptors (Lipinski definition) is 1. The first-order chi connectivity index (χ1) is 11.1. The SMILES string of the molecule is CC1=C(C)C(c2ccccc2C=Nc2ccccc2)C(C)=C1C. The minimum atomic E-state index is 0.383. The summed E-state index contributed by atoms with van der Waals surface area (Å²) in [6.07, 6.45) is 1.99. The summed E-state index contributed by atoms with van der Waals surface area (Å²) in [5.41, 5.74) is 9.31. The summed E-state index contributed by atoms with van der Waals surface area (Å²) in [5.74, 6) is 0.383. The molecule has 0 fully saturated rings. The van der Waals surface area contributed by atoms with E-state index in [9.17, 15) is 0 Å². The predicted octanol–water partition coefficient (Wildman–Crippen LogP) is 6.21. The van der Waals surface area contributed by atoms with Gasteiger partial charge < -0.3 is 0 Å². The highest BCUT2D eigenvalue weighted by Crippen LogP contribution is 2.43. The number of benzene rings is 2. The zero-order valence-corrected chi connectivity index (χ0v) is 14.3. The van der Waals surface area contributed by atoms with Crippen LogP contribution in [0.5, 0.6) is 0 Å². The van der Waals surface area contributed by atoms with Gasteiger partial charge in [-0.1, -0.05) is 53.6 Å². The third kappa shape index (κ3) is 2.92. The van der Waals surface area contributed by atoms with E-state index in [1.807, 2.05) is 36.5 Å². The van der Waals surface area contributed by atoms with Gasteiger partial charge in [0.15, 0.2) is 0 Å². The Morgan fingerprint density at radius 1 is 0.739 bits per heavy atom. The molecule has 0 aliphatic heterocycles. The van der Waals surface area contributed by atoms with Crippen molar-refractivity contribution >= 4 is 11.9 Å². The second-order valence-corrected chi connectivity index (χ2v) is 6.27. The molecule has 1 aliphatic rings. The molecule has 1 aliphatic carbocycles. The number of aliphatic imine (C=N–C) groups is 1. The maximum atomic E-state index is 4.64. The van der Waals surface area contributed by atoms with Gasteiger partial charge in [-0.25, -0.2) is 0 Å². The van der Waals surface area contributed by atoms with E-state index in [2.05, 4.69) is 57.0 Å². The first-order valence-electron chi connectivity index (χ1n) is 8.12. The smallest absolute Gasteiger partial charge is 0.0629 e. The zero-order valence-electron chi connectivity index (χ0n) is 14.3. The average Bonchev–Trinajstić information content (AvgIpc) is 2.78. The maximum Gasteiger partial charge on any atom is 0.0629 e. The van der Waals surface area contributed by atoms with Crippen molar-refractivity contribution < 1.29 is 0 Å². The first-order valence-corrected chi connectivity index (χ1v) is 8.12. The number of allylic oxidation sites excluding steroid dienone is 4. The normalized spacial score (nSPS) is 16.0. The van der Waals surface area contributed by atoms with Crippen LogP contribution in [0.4, 0.5) is 5.69 Å². The van der Waals surface area contributed by atoms with Gasteiger partial charge in [-0.15, -0.1) is 0 Å². The summed E-state index contributed by atoms with van der Waals surface area (Å²) in [6, 6.07) is 18.7. The molecule has 2 aromatic carbocycles. The van der Waals surface area contributed by atoms with Crippen molar-refractivity contribution in [2.24, 2.45) is 4.99 Å². The number of para-hydroxylation sites is 1. The number of nitrogens with zero attached hydrogens (tertiary/aromatic N) is 1. The molecule has 116 valence electrons. The molecular formula is C22H23N. The molecule has 0 radical (unpaired) electrons. The molecule has 0 bridgehead atoms. The van der Waals surface area contributed by atoms with E-state index in [-0.39, 0.29) is 0 Å². The largest absolute Gasteiger partial charge is 0.256 e. The summed E-state index contributed by atoms with van der Waals surface area (Å²) >= 11 is 0. The van der Waals surface area contributed by atoms with Gasteiger partial charge in [0.05, 0.1) is 5.69 Å². The summed E-state index contributed by atoms with van der Waals surface area (Å²) in [5, 5.41) is 0. The standard InChI is InChI=1S/C22H23N/c1-15-16(2)18(4)22(17(15)3)21-13-9-8-10-19(21)14-23-20-11-6-5-7-12-20/h5-14,22H,1-4H3. The summed E-state index contributed by atoms with van der Waals surface area (Å²) in [7, 11) is 0. The van der Waals surface area contributed by atoms with Crippen LogP contribution in [0.15, 0.2) is 81.9 Å².